The molecule has 0 spiro atoms. The van der Waals surface area contributed by atoms with Crippen molar-refractivity contribution in [1.82, 2.24) is 10.2 Å². The Kier molecular flexibility index (Phi) is 4.91. The van der Waals surface area contributed by atoms with Crippen molar-refractivity contribution < 1.29 is 4.79 Å². The SMILES string of the molecule is CCNC(C)(C)C(=O)N(C)C(C)c1ccccc1. The molecule has 1 N–H and O–H groups in total. The molecular weight excluding hydrogens is 224 g/mol. The van der Waals surface area contributed by atoms with Crippen molar-refractivity contribution >= 4 is 5.91 Å². The Balaban J connectivity index is 2.81. The third kappa shape index (κ3) is 3.33. The molecule has 0 saturated heterocycles. The molecule has 1 unspecified atom stereocenters. The third-order valence-corrected chi connectivity index (χ3v) is 3.34. The van der Waals surface area contributed by atoms with Crippen molar-refractivity contribution in [3.05, 3.63) is 35.9 Å². The molecule has 1 aromatic carbocycles. The Morgan fingerprint density at radius 1 is 1.33 bits per heavy atom. The summed E-state index contributed by atoms with van der Waals surface area (Å²) >= 11 is 0. The molecule has 1 atom stereocenters. The van der Waals surface area contributed by atoms with Crippen molar-refractivity contribution in [2.24, 2.45) is 0 Å². The van der Waals surface area contributed by atoms with Crippen molar-refractivity contribution in [1.29, 1.82) is 0 Å². The summed E-state index contributed by atoms with van der Waals surface area (Å²) in [5.41, 5.74) is 0.632. The molecule has 0 fully saturated rings. The lowest BCUT2D eigenvalue weighted by Gasteiger charge is -2.34. The van der Waals surface area contributed by atoms with Gasteiger partial charge in [0.1, 0.15) is 0 Å². The van der Waals surface area contributed by atoms with Crippen LogP contribution in [0.15, 0.2) is 30.3 Å². The maximum Gasteiger partial charge on any atom is 0.242 e. The summed E-state index contributed by atoms with van der Waals surface area (Å²) in [6.45, 7) is 8.69. The first kappa shape index (κ1) is 14.7. The van der Waals surface area contributed by atoms with Gasteiger partial charge in [-0.05, 0) is 32.9 Å². The van der Waals surface area contributed by atoms with E-state index in [1.54, 1.807) is 4.90 Å². The molecule has 0 saturated carbocycles. The van der Waals surface area contributed by atoms with Crippen molar-refractivity contribution in [3.63, 3.8) is 0 Å². The van der Waals surface area contributed by atoms with Crippen LogP contribution in [0.4, 0.5) is 0 Å². The highest BCUT2D eigenvalue weighted by Gasteiger charge is 2.31. The number of amides is 1. The summed E-state index contributed by atoms with van der Waals surface area (Å²) in [5, 5.41) is 3.22. The fourth-order valence-electron chi connectivity index (χ4n) is 2.09. The van der Waals surface area contributed by atoms with Gasteiger partial charge in [-0.25, -0.2) is 0 Å². The van der Waals surface area contributed by atoms with Crippen LogP contribution in [0.1, 0.15) is 39.3 Å². The zero-order valence-corrected chi connectivity index (χ0v) is 12.0. The lowest BCUT2D eigenvalue weighted by Crippen LogP contribution is -2.53. The number of rotatable bonds is 5. The first-order valence-electron chi connectivity index (χ1n) is 6.47. The molecule has 0 aromatic heterocycles. The van der Waals surface area contributed by atoms with Gasteiger partial charge >= 0.3 is 0 Å². The minimum absolute atomic E-state index is 0.0802. The van der Waals surface area contributed by atoms with Gasteiger partial charge in [-0.1, -0.05) is 37.3 Å². The van der Waals surface area contributed by atoms with Gasteiger partial charge in [0, 0.05) is 7.05 Å². The molecule has 0 aliphatic rings. The number of hydrogen-bond acceptors (Lipinski definition) is 2. The van der Waals surface area contributed by atoms with E-state index in [4.69, 9.17) is 0 Å². The molecule has 0 aliphatic carbocycles. The van der Waals surface area contributed by atoms with Gasteiger partial charge < -0.3 is 10.2 Å². The van der Waals surface area contributed by atoms with Gasteiger partial charge in [-0.2, -0.15) is 0 Å². The van der Waals surface area contributed by atoms with Gasteiger partial charge in [0.15, 0.2) is 0 Å². The second-order valence-electron chi connectivity index (χ2n) is 5.16. The second kappa shape index (κ2) is 6.01. The van der Waals surface area contributed by atoms with Crippen LogP contribution < -0.4 is 5.32 Å². The highest BCUT2D eigenvalue weighted by atomic mass is 16.2. The van der Waals surface area contributed by atoms with Crippen molar-refractivity contribution in [3.8, 4) is 0 Å². The summed E-state index contributed by atoms with van der Waals surface area (Å²) in [4.78, 5) is 14.2. The van der Waals surface area contributed by atoms with E-state index in [9.17, 15) is 4.79 Å². The molecular formula is C15H24N2O. The molecule has 100 valence electrons. The monoisotopic (exact) mass is 248 g/mol. The minimum atomic E-state index is -0.521. The Labute approximate surface area is 110 Å². The maximum atomic E-state index is 12.4. The molecule has 18 heavy (non-hydrogen) atoms. The number of benzene rings is 1. The zero-order chi connectivity index (χ0) is 13.8. The van der Waals surface area contributed by atoms with E-state index in [2.05, 4.69) is 24.4 Å². The first-order chi connectivity index (χ1) is 8.40. The second-order valence-corrected chi connectivity index (χ2v) is 5.16. The highest BCUT2D eigenvalue weighted by Crippen LogP contribution is 2.21. The predicted molar refractivity (Wildman–Crippen MR) is 75.4 cm³/mol. The van der Waals surface area contributed by atoms with E-state index >= 15 is 0 Å². The van der Waals surface area contributed by atoms with E-state index in [0.717, 1.165) is 12.1 Å². The topological polar surface area (TPSA) is 32.3 Å². The van der Waals surface area contributed by atoms with E-state index in [-0.39, 0.29) is 11.9 Å². The maximum absolute atomic E-state index is 12.4. The van der Waals surface area contributed by atoms with E-state index in [1.165, 1.54) is 0 Å². The van der Waals surface area contributed by atoms with Crippen LogP contribution in [0.5, 0.6) is 0 Å². The number of hydrogen-bond donors (Lipinski definition) is 1. The molecule has 1 amide bonds. The largest absolute Gasteiger partial charge is 0.337 e. The lowest BCUT2D eigenvalue weighted by atomic mass is 10.0. The van der Waals surface area contributed by atoms with Crippen LogP contribution >= 0.6 is 0 Å². The number of carbonyl (C=O) groups excluding carboxylic acids is 1. The van der Waals surface area contributed by atoms with Crippen LogP contribution in [-0.2, 0) is 4.79 Å². The summed E-state index contributed by atoms with van der Waals surface area (Å²) < 4.78 is 0. The van der Waals surface area contributed by atoms with E-state index in [1.807, 2.05) is 46.0 Å². The zero-order valence-electron chi connectivity index (χ0n) is 12.0. The normalized spacial score (nSPS) is 13.2. The number of carbonyl (C=O) groups is 1. The number of nitrogens with zero attached hydrogens (tertiary/aromatic N) is 1. The summed E-state index contributed by atoms with van der Waals surface area (Å²) in [5.74, 6) is 0.112. The van der Waals surface area contributed by atoms with Gasteiger partial charge in [0.2, 0.25) is 5.91 Å². The predicted octanol–water partition coefficient (Wildman–Crippen LogP) is 2.59. The Bertz CT molecular complexity index is 387. The van der Waals surface area contributed by atoms with E-state index in [0.29, 0.717) is 0 Å². The Morgan fingerprint density at radius 3 is 2.39 bits per heavy atom. The van der Waals surface area contributed by atoms with Crippen LogP contribution in [0, 0.1) is 0 Å². The van der Waals surface area contributed by atoms with Gasteiger partial charge in [-0.3, -0.25) is 4.79 Å². The summed E-state index contributed by atoms with van der Waals surface area (Å²) in [7, 11) is 1.86. The highest BCUT2D eigenvalue weighted by molar-refractivity contribution is 5.85. The summed E-state index contributed by atoms with van der Waals surface area (Å²) in [6.07, 6.45) is 0. The van der Waals surface area contributed by atoms with Gasteiger partial charge in [-0.15, -0.1) is 0 Å². The molecule has 1 aromatic rings. The van der Waals surface area contributed by atoms with Gasteiger partial charge in [0.25, 0.3) is 0 Å². The standard InChI is InChI=1S/C15H24N2O/c1-6-16-15(3,4)14(18)17(5)12(2)13-10-8-7-9-11-13/h7-12,16H,6H2,1-5H3. The van der Waals surface area contributed by atoms with Crippen molar-refractivity contribution in [2.75, 3.05) is 13.6 Å². The molecule has 1 rings (SSSR count). The molecule has 0 radical (unpaired) electrons. The average molecular weight is 248 g/mol. The number of nitrogens with one attached hydrogen (secondary N) is 1. The van der Waals surface area contributed by atoms with Crippen molar-refractivity contribution in [2.45, 2.75) is 39.3 Å². The quantitative estimate of drug-likeness (QED) is 0.868. The fraction of sp³-hybridized carbons (Fsp3) is 0.533. The molecule has 3 nitrogen and oxygen atoms in total. The smallest absolute Gasteiger partial charge is 0.242 e. The molecule has 0 heterocycles. The molecule has 0 bridgehead atoms. The first-order valence-corrected chi connectivity index (χ1v) is 6.47. The fourth-order valence-corrected chi connectivity index (χ4v) is 2.09. The van der Waals surface area contributed by atoms with Crippen LogP contribution in [-0.4, -0.2) is 29.9 Å². The number of likely N-dealkylation sites (N-methyl/N-ethyl adjacent to an activating group) is 2. The Morgan fingerprint density at radius 2 is 1.89 bits per heavy atom. The third-order valence-electron chi connectivity index (χ3n) is 3.34. The average Bonchev–Trinajstić information content (AvgIpc) is 2.37. The molecule has 3 heteroatoms. The van der Waals surface area contributed by atoms with Crippen LogP contribution in [0.25, 0.3) is 0 Å². The summed E-state index contributed by atoms with van der Waals surface area (Å²) in [6, 6.07) is 10.2. The minimum Gasteiger partial charge on any atom is -0.337 e. The van der Waals surface area contributed by atoms with Crippen LogP contribution in [0.2, 0.25) is 0 Å². The van der Waals surface area contributed by atoms with E-state index < -0.39 is 5.54 Å². The lowest BCUT2D eigenvalue weighted by molar-refractivity contribution is -0.137. The van der Waals surface area contributed by atoms with Crippen LogP contribution in [0.3, 0.4) is 0 Å². The molecule has 0 aliphatic heterocycles. The Hall–Kier alpha value is -1.35. The van der Waals surface area contributed by atoms with Gasteiger partial charge in [0.05, 0.1) is 11.6 Å².